The van der Waals surface area contributed by atoms with Gasteiger partial charge in [0, 0.05) is 5.75 Å². The Morgan fingerprint density at radius 1 is 1.47 bits per heavy atom. The lowest BCUT2D eigenvalue weighted by molar-refractivity contribution is -0.137. The van der Waals surface area contributed by atoms with Crippen LogP contribution in [0.3, 0.4) is 0 Å². The summed E-state index contributed by atoms with van der Waals surface area (Å²) in [6.45, 7) is 1.88. The van der Waals surface area contributed by atoms with Gasteiger partial charge in [-0.05, 0) is 24.6 Å². The Morgan fingerprint density at radius 3 is 2.95 bits per heavy atom. The van der Waals surface area contributed by atoms with E-state index in [-0.39, 0.29) is 5.75 Å². The van der Waals surface area contributed by atoms with E-state index in [1.165, 1.54) is 23.1 Å². The van der Waals surface area contributed by atoms with Gasteiger partial charge in [-0.2, -0.15) is 0 Å². The lowest BCUT2D eigenvalue weighted by Crippen LogP contribution is -2.17. The molecule has 1 aromatic carbocycles. The predicted molar refractivity (Wildman–Crippen MR) is 76.4 cm³/mol. The standard InChI is InChI=1S/C12H10N2O3S2/c1-5-2-6(15)3-8-9(5)14-11(19-8)10-13-7(4-18-10)12(16)17/h2-3,7,15H,4H2,1H3,(H,16,17)/t7-/m1/s1. The molecule has 0 saturated carbocycles. The van der Waals surface area contributed by atoms with Crippen molar-refractivity contribution >= 4 is 44.3 Å². The zero-order chi connectivity index (χ0) is 13.6. The highest BCUT2D eigenvalue weighted by Gasteiger charge is 2.27. The van der Waals surface area contributed by atoms with Crippen molar-refractivity contribution in [3.8, 4) is 5.75 Å². The molecule has 2 N–H and O–H groups in total. The summed E-state index contributed by atoms with van der Waals surface area (Å²) in [5, 5.41) is 19.9. The average molecular weight is 294 g/mol. The van der Waals surface area contributed by atoms with Crippen LogP contribution >= 0.6 is 23.1 Å². The quantitative estimate of drug-likeness (QED) is 0.887. The summed E-state index contributed by atoms with van der Waals surface area (Å²) < 4.78 is 0.884. The predicted octanol–water partition coefficient (Wildman–Crippen LogP) is 2.26. The summed E-state index contributed by atoms with van der Waals surface area (Å²) in [5.41, 5.74) is 1.73. The lowest BCUT2D eigenvalue weighted by Gasteiger charge is -1.95. The monoisotopic (exact) mass is 294 g/mol. The van der Waals surface area contributed by atoms with Crippen LogP contribution in [0.5, 0.6) is 5.75 Å². The second kappa shape index (κ2) is 4.50. The van der Waals surface area contributed by atoms with Crippen molar-refractivity contribution in [1.82, 2.24) is 4.98 Å². The number of hydrogen-bond donors (Lipinski definition) is 2. The Labute approximate surface area is 117 Å². The van der Waals surface area contributed by atoms with E-state index in [0.717, 1.165) is 20.8 Å². The number of carboxylic acids is 1. The molecule has 1 atom stereocenters. The number of fused-ring (bicyclic) bond motifs is 1. The number of aliphatic imine (C=N–C) groups is 1. The first-order valence-electron chi connectivity index (χ1n) is 5.58. The van der Waals surface area contributed by atoms with Gasteiger partial charge in [-0.3, -0.25) is 4.99 Å². The molecule has 2 heterocycles. The highest BCUT2D eigenvalue weighted by molar-refractivity contribution is 8.15. The van der Waals surface area contributed by atoms with Crippen molar-refractivity contribution < 1.29 is 15.0 Å². The molecule has 1 aromatic heterocycles. The molecule has 0 spiro atoms. The van der Waals surface area contributed by atoms with Crippen LogP contribution in [0, 0.1) is 6.92 Å². The Hall–Kier alpha value is -1.60. The number of phenols is 1. The molecule has 0 saturated heterocycles. The first-order valence-corrected chi connectivity index (χ1v) is 7.39. The summed E-state index contributed by atoms with van der Waals surface area (Å²) in [6, 6.07) is 2.65. The third-order valence-corrected chi connectivity index (χ3v) is 4.98. The number of benzene rings is 1. The van der Waals surface area contributed by atoms with E-state index in [4.69, 9.17) is 5.11 Å². The average Bonchev–Trinajstić information content (AvgIpc) is 2.92. The van der Waals surface area contributed by atoms with Gasteiger partial charge in [0.1, 0.15) is 15.8 Å². The molecular formula is C12H10N2O3S2. The molecule has 5 nitrogen and oxygen atoms in total. The van der Waals surface area contributed by atoms with E-state index in [0.29, 0.717) is 10.8 Å². The maximum absolute atomic E-state index is 10.9. The molecular weight excluding hydrogens is 284 g/mol. The van der Waals surface area contributed by atoms with Crippen molar-refractivity contribution in [2.75, 3.05) is 5.75 Å². The van der Waals surface area contributed by atoms with E-state index >= 15 is 0 Å². The molecule has 19 heavy (non-hydrogen) atoms. The van der Waals surface area contributed by atoms with Crippen LogP contribution in [0.2, 0.25) is 0 Å². The number of phenolic OH excluding ortho intramolecular Hbond substituents is 1. The Kier molecular flexibility index (Phi) is 2.94. The zero-order valence-corrected chi connectivity index (χ0v) is 11.6. The number of aryl methyl sites for hydroxylation is 1. The third kappa shape index (κ3) is 2.19. The summed E-state index contributed by atoms with van der Waals surface area (Å²) in [7, 11) is 0. The number of carboxylic acid groups (broad SMARTS) is 1. The van der Waals surface area contributed by atoms with Crippen LogP contribution in [0.25, 0.3) is 10.2 Å². The number of thiazole rings is 1. The number of aromatic nitrogens is 1. The number of carbonyl (C=O) groups is 1. The SMILES string of the molecule is Cc1cc(O)cc2sc(C3=N[C@@H](C(=O)O)CS3)nc12. The lowest BCUT2D eigenvalue weighted by atomic mass is 10.2. The van der Waals surface area contributed by atoms with E-state index in [1.807, 2.05) is 6.92 Å². The van der Waals surface area contributed by atoms with Crippen LogP contribution in [0.15, 0.2) is 17.1 Å². The second-order valence-electron chi connectivity index (χ2n) is 4.23. The van der Waals surface area contributed by atoms with Crippen molar-refractivity contribution in [2.45, 2.75) is 13.0 Å². The zero-order valence-electron chi connectivity index (χ0n) is 9.95. The van der Waals surface area contributed by atoms with Gasteiger partial charge in [0.05, 0.1) is 10.2 Å². The Balaban J connectivity index is 2.05. The number of nitrogens with zero attached hydrogens (tertiary/aromatic N) is 2. The molecule has 7 heteroatoms. The normalized spacial score (nSPS) is 18.8. The minimum atomic E-state index is -0.905. The molecule has 0 fully saturated rings. The van der Waals surface area contributed by atoms with E-state index in [9.17, 15) is 9.90 Å². The van der Waals surface area contributed by atoms with Crippen LogP contribution in [-0.4, -0.2) is 38.0 Å². The summed E-state index contributed by atoms with van der Waals surface area (Å²) in [4.78, 5) is 19.5. The molecule has 0 bridgehead atoms. The molecule has 1 aliphatic rings. The van der Waals surface area contributed by atoms with Gasteiger partial charge in [-0.15, -0.1) is 23.1 Å². The van der Waals surface area contributed by atoms with Gasteiger partial charge >= 0.3 is 5.97 Å². The van der Waals surface area contributed by atoms with E-state index in [2.05, 4.69) is 9.98 Å². The van der Waals surface area contributed by atoms with E-state index in [1.54, 1.807) is 12.1 Å². The van der Waals surface area contributed by atoms with Crippen molar-refractivity contribution in [2.24, 2.45) is 4.99 Å². The fourth-order valence-electron chi connectivity index (χ4n) is 1.89. The van der Waals surface area contributed by atoms with Crippen molar-refractivity contribution in [1.29, 1.82) is 0 Å². The fraction of sp³-hybridized carbons (Fsp3) is 0.250. The van der Waals surface area contributed by atoms with Crippen molar-refractivity contribution in [3.63, 3.8) is 0 Å². The van der Waals surface area contributed by atoms with Crippen LogP contribution in [0.4, 0.5) is 0 Å². The maximum Gasteiger partial charge on any atom is 0.329 e. The van der Waals surface area contributed by atoms with Gasteiger partial charge in [0.2, 0.25) is 0 Å². The number of aromatic hydroxyl groups is 1. The molecule has 98 valence electrons. The molecule has 3 rings (SSSR count). The summed E-state index contributed by atoms with van der Waals surface area (Å²) >= 11 is 2.83. The minimum Gasteiger partial charge on any atom is -0.508 e. The highest BCUT2D eigenvalue weighted by atomic mass is 32.2. The van der Waals surface area contributed by atoms with Crippen LogP contribution < -0.4 is 0 Å². The first-order chi connectivity index (χ1) is 9.04. The smallest absolute Gasteiger partial charge is 0.329 e. The Morgan fingerprint density at radius 2 is 2.26 bits per heavy atom. The Bertz CT molecular complexity index is 708. The van der Waals surface area contributed by atoms with Gasteiger partial charge in [-0.1, -0.05) is 0 Å². The third-order valence-electron chi connectivity index (χ3n) is 2.79. The first kappa shape index (κ1) is 12.4. The molecule has 0 radical (unpaired) electrons. The van der Waals surface area contributed by atoms with E-state index < -0.39 is 12.0 Å². The van der Waals surface area contributed by atoms with Crippen LogP contribution in [0.1, 0.15) is 10.6 Å². The molecule has 0 amide bonds. The van der Waals surface area contributed by atoms with Crippen molar-refractivity contribution in [3.05, 3.63) is 22.7 Å². The largest absolute Gasteiger partial charge is 0.508 e. The minimum absolute atomic E-state index is 0.213. The number of rotatable bonds is 2. The summed E-state index contributed by atoms with van der Waals surface area (Å²) in [6.07, 6.45) is 0. The fourth-order valence-corrected chi connectivity index (χ4v) is 4.06. The molecule has 2 aromatic rings. The number of hydrogen-bond acceptors (Lipinski definition) is 6. The molecule has 0 aliphatic carbocycles. The van der Waals surface area contributed by atoms with Gasteiger partial charge in [0.15, 0.2) is 6.04 Å². The van der Waals surface area contributed by atoms with Gasteiger partial charge in [0.25, 0.3) is 0 Å². The topological polar surface area (TPSA) is 82.8 Å². The second-order valence-corrected chi connectivity index (χ2v) is 6.27. The van der Waals surface area contributed by atoms with Gasteiger partial charge in [-0.25, -0.2) is 9.78 Å². The molecule has 0 unspecified atom stereocenters. The molecule has 1 aliphatic heterocycles. The maximum atomic E-state index is 10.9. The van der Waals surface area contributed by atoms with Gasteiger partial charge < -0.3 is 10.2 Å². The number of aliphatic carboxylic acids is 1. The highest BCUT2D eigenvalue weighted by Crippen LogP contribution is 2.33. The number of thioether (sulfide) groups is 1. The van der Waals surface area contributed by atoms with Crippen LogP contribution in [-0.2, 0) is 4.79 Å². The summed E-state index contributed by atoms with van der Waals surface area (Å²) in [5.74, 6) is -0.243.